The smallest absolute Gasteiger partial charge is 0.365 e. The van der Waals surface area contributed by atoms with Crippen molar-refractivity contribution in [3.8, 4) is 0 Å². The monoisotopic (exact) mass is 611 g/mol. The molecule has 1 saturated heterocycles. The lowest BCUT2D eigenvalue weighted by Crippen LogP contribution is -2.41. The van der Waals surface area contributed by atoms with Crippen LogP contribution in [0.5, 0.6) is 0 Å². The number of anilines is 3. The number of benzene rings is 1. The Labute approximate surface area is 242 Å². The number of aromatic nitrogens is 4. The van der Waals surface area contributed by atoms with Crippen molar-refractivity contribution in [1.29, 1.82) is 0 Å². The van der Waals surface area contributed by atoms with Crippen LogP contribution in [0.4, 0.5) is 22.2 Å². The van der Waals surface area contributed by atoms with E-state index in [2.05, 4.69) is 36.4 Å². The fraction of sp³-hybridized carbons (Fsp3) is 0.571. The summed E-state index contributed by atoms with van der Waals surface area (Å²) in [5.41, 5.74) is 8.53. The third kappa shape index (κ3) is 6.50. The summed E-state index contributed by atoms with van der Waals surface area (Å²) in [6.07, 6.45) is 12.0. The lowest BCUT2D eigenvalue weighted by atomic mass is 9.92. The predicted octanol–water partition coefficient (Wildman–Crippen LogP) is 5.43. The summed E-state index contributed by atoms with van der Waals surface area (Å²) in [5.74, 6) is 1.42. The summed E-state index contributed by atoms with van der Waals surface area (Å²) >= 11 is 3.40. The molecule has 0 unspecified atom stereocenters. The number of carbonyl (C=O) groups is 1. The zero-order valence-corrected chi connectivity index (χ0v) is 24.3. The van der Waals surface area contributed by atoms with Crippen molar-refractivity contribution in [1.82, 2.24) is 24.6 Å². The summed E-state index contributed by atoms with van der Waals surface area (Å²) in [5, 5.41) is 11.7. The van der Waals surface area contributed by atoms with E-state index >= 15 is 0 Å². The minimum atomic E-state index is -0.483. The standard InChI is InChI=1S/C28H38BrN9O2/c29-18-5-9-21(10-6-18)34-28(39)40-37-15-13-22(14-16-37)32-25-24-26(38(17-31-24)23-3-1-2-4-23)36-27(35-25)33-20-11-7-19(30)8-12-20/h5-6,9-10,17,19-20,22-23H,1-4,7-8,11-16,30H2,(H,34,39)(H2,32,33,35,36). The van der Waals surface area contributed by atoms with Crippen LogP contribution in [0.25, 0.3) is 11.2 Å². The number of piperidine rings is 1. The van der Waals surface area contributed by atoms with E-state index in [9.17, 15) is 4.79 Å². The largest absolute Gasteiger partial charge is 0.430 e. The Morgan fingerprint density at radius 3 is 2.35 bits per heavy atom. The summed E-state index contributed by atoms with van der Waals surface area (Å²) in [6.45, 7) is 1.26. The number of rotatable bonds is 7. The van der Waals surface area contributed by atoms with Crippen LogP contribution in [0.2, 0.25) is 0 Å². The molecule has 0 spiro atoms. The lowest BCUT2D eigenvalue weighted by Gasteiger charge is -2.31. The van der Waals surface area contributed by atoms with Gasteiger partial charge < -0.3 is 25.8 Å². The zero-order valence-electron chi connectivity index (χ0n) is 22.7. The molecule has 6 rings (SSSR count). The maximum atomic E-state index is 12.4. The van der Waals surface area contributed by atoms with Crippen LogP contribution in [0.15, 0.2) is 35.1 Å². The van der Waals surface area contributed by atoms with E-state index < -0.39 is 6.09 Å². The van der Waals surface area contributed by atoms with Crippen molar-refractivity contribution in [3.05, 3.63) is 35.1 Å². The van der Waals surface area contributed by atoms with Crippen molar-refractivity contribution >= 4 is 50.6 Å². The molecular formula is C28H38BrN9O2. The van der Waals surface area contributed by atoms with Crippen molar-refractivity contribution in [3.63, 3.8) is 0 Å². The van der Waals surface area contributed by atoms with Crippen LogP contribution in [-0.4, -0.2) is 61.9 Å². The molecule has 2 saturated carbocycles. The number of fused-ring (bicyclic) bond motifs is 1. The van der Waals surface area contributed by atoms with Gasteiger partial charge in [-0.3, -0.25) is 5.32 Å². The molecule has 3 aliphatic rings. The average Bonchev–Trinajstić information content (AvgIpc) is 3.63. The van der Waals surface area contributed by atoms with Gasteiger partial charge in [-0.2, -0.15) is 9.97 Å². The molecule has 0 bridgehead atoms. The summed E-state index contributed by atoms with van der Waals surface area (Å²) < 4.78 is 3.20. The molecule has 2 aliphatic carbocycles. The number of hydrogen-bond acceptors (Lipinski definition) is 9. The number of nitrogens with two attached hydrogens (primary N) is 1. The van der Waals surface area contributed by atoms with E-state index in [1.807, 2.05) is 30.6 Å². The molecular weight excluding hydrogens is 574 g/mol. The Morgan fingerprint density at radius 2 is 1.62 bits per heavy atom. The molecule has 12 heteroatoms. The van der Waals surface area contributed by atoms with Gasteiger partial charge in [-0.15, -0.1) is 5.06 Å². The zero-order chi connectivity index (χ0) is 27.5. The summed E-state index contributed by atoms with van der Waals surface area (Å²) in [7, 11) is 0. The van der Waals surface area contributed by atoms with Crippen molar-refractivity contribution in [2.24, 2.45) is 5.73 Å². The van der Waals surface area contributed by atoms with Gasteiger partial charge in [-0.05, 0) is 75.6 Å². The Balaban J connectivity index is 1.11. The predicted molar refractivity (Wildman–Crippen MR) is 159 cm³/mol. The summed E-state index contributed by atoms with van der Waals surface area (Å²) in [6, 6.07) is 8.65. The van der Waals surface area contributed by atoms with Crippen LogP contribution in [0, 0.1) is 0 Å². The molecule has 5 N–H and O–H groups in total. The van der Waals surface area contributed by atoms with E-state index in [4.69, 9.17) is 25.5 Å². The number of hydrogen-bond donors (Lipinski definition) is 4. The van der Waals surface area contributed by atoms with Crippen molar-refractivity contribution in [2.75, 3.05) is 29.0 Å². The van der Waals surface area contributed by atoms with Gasteiger partial charge in [0.2, 0.25) is 5.95 Å². The average molecular weight is 613 g/mol. The van der Waals surface area contributed by atoms with Gasteiger partial charge in [0.15, 0.2) is 17.0 Å². The fourth-order valence-corrected chi connectivity index (χ4v) is 6.32. The minimum absolute atomic E-state index is 0.185. The molecule has 1 aliphatic heterocycles. The first-order valence-corrected chi connectivity index (χ1v) is 15.3. The molecule has 3 heterocycles. The van der Waals surface area contributed by atoms with E-state index in [-0.39, 0.29) is 6.04 Å². The number of nitrogens with zero attached hydrogens (tertiary/aromatic N) is 5. The number of carbonyl (C=O) groups excluding carboxylic acids is 1. The second-order valence-corrected chi connectivity index (χ2v) is 12.2. The number of hydroxylamine groups is 2. The number of halogens is 1. The van der Waals surface area contributed by atoms with Gasteiger partial charge in [0.05, 0.1) is 6.33 Å². The molecule has 1 amide bonds. The van der Waals surface area contributed by atoms with Crippen LogP contribution in [-0.2, 0) is 4.84 Å². The fourth-order valence-electron chi connectivity index (χ4n) is 6.05. The highest BCUT2D eigenvalue weighted by Gasteiger charge is 2.27. The normalized spacial score (nSPS) is 22.9. The minimum Gasteiger partial charge on any atom is -0.365 e. The lowest BCUT2D eigenvalue weighted by molar-refractivity contribution is -0.106. The maximum Gasteiger partial charge on any atom is 0.430 e. The molecule has 0 radical (unpaired) electrons. The second-order valence-electron chi connectivity index (χ2n) is 11.3. The Hall–Kier alpha value is -2.96. The molecule has 11 nitrogen and oxygen atoms in total. The van der Waals surface area contributed by atoms with E-state index in [0.717, 1.165) is 72.8 Å². The molecule has 0 atom stereocenters. The quantitative estimate of drug-likeness (QED) is 0.276. The summed E-state index contributed by atoms with van der Waals surface area (Å²) in [4.78, 5) is 32.6. The molecule has 3 aromatic rings. The molecule has 2 aromatic heterocycles. The van der Waals surface area contributed by atoms with Crippen molar-refractivity contribution < 1.29 is 9.63 Å². The van der Waals surface area contributed by atoms with Gasteiger partial charge in [-0.1, -0.05) is 28.8 Å². The first-order chi connectivity index (χ1) is 19.5. The van der Waals surface area contributed by atoms with Gasteiger partial charge in [0.25, 0.3) is 0 Å². The first-order valence-electron chi connectivity index (χ1n) is 14.5. The van der Waals surface area contributed by atoms with E-state index in [1.54, 1.807) is 5.06 Å². The molecule has 214 valence electrons. The van der Waals surface area contributed by atoms with Crippen LogP contribution in [0.3, 0.4) is 0 Å². The van der Waals surface area contributed by atoms with Crippen LogP contribution in [0.1, 0.15) is 70.3 Å². The Morgan fingerprint density at radius 1 is 0.925 bits per heavy atom. The van der Waals surface area contributed by atoms with Crippen molar-refractivity contribution in [2.45, 2.75) is 88.4 Å². The number of imidazole rings is 1. The SMILES string of the molecule is NC1CCC(Nc2nc(NC3CCN(OC(=O)Nc4ccc(Br)cc4)CC3)c3ncn(C4CCCC4)c3n2)CC1. The van der Waals surface area contributed by atoms with Gasteiger partial charge >= 0.3 is 6.09 Å². The molecule has 40 heavy (non-hydrogen) atoms. The number of amides is 1. The van der Waals surface area contributed by atoms with Gasteiger partial charge in [-0.25, -0.2) is 9.78 Å². The highest BCUT2D eigenvalue weighted by Crippen LogP contribution is 2.34. The van der Waals surface area contributed by atoms with Gasteiger partial charge in [0.1, 0.15) is 0 Å². The highest BCUT2D eigenvalue weighted by atomic mass is 79.9. The molecule has 1 aromatic carbocycles. The Kier molecular flexibility index (Phi) is 8.35. The number of nitrogens with one attached hydrogen (secondary N) is 3. The third-order valence-electron chi connectivity index (χ3n) is 8.34. The second kappa shape index (κ2) is 12.3. The topological polar surface area (TPSA) is 135 Å². The van der Waals surface area contributed by atoms with Crippen LogP contribution < -0.4 is 21.7 Å². The van der Waals surface area contributed by atoms with E-state index in [1.165, 1.54) is 12.8 Å². The highest BCUT2D eigenvalue weighted by molar-refractivity contribution is 9.10. The van der Waals surface area contributed by atoms with E-state index in [0.29, 0.717) is 42.9 Å². The molecule has 3 fully saturated rings. The van der Waals surface area contributed by atoms with Gasteiger partial charge in [0, 0.05) is 47.4 Å². The third-order valence-corrected chi connectivity index (χ3v) is 8.87. The maximum absolute atomic E-state index is 12.4. The Bertz CT molecular complexity index is 1300. The first kappa shape index (κ1) is 27.2. The van der Waals surface area contributed by atoms with Crippen LogP contribution >= 0.6 is 15.9 Å².